The van der Waals surface area contributed by atoms with Crippen LogP contribution in [-0.4, -0.2) is 49.9 Å². The number of nitrogens with zero attached hydrogens (tertiary/aromatic N) is 1. The molecule has 0 saturated carbocycles. The standard InChI is InChI=1S/C14H21N3O3/c1-2-4-16-13-9-15-5-3-12(13)14(18)17-8-11-10-19-6-7-20-11/h3,5,9,11,16H,2,4,6-8,10H2,1H3,(H,17,18). The maximum absolute atomic E-state index is 12.2. The second kappa shape index (κ2) is 7.81. The number of hydrogen-bond acceptors (Lipinski definition) is 5. The molecular weight excluding hydrogens is 258 g/mol. The molecule has 6 nitrogen and oxygen atoms in total. The average molecular weight is 279 g/mol. The Morgan fingerprint density at radius 1 is 1.50 bits per heavy atom. The van der Waals surface area contributed by atoms with E-state index in [0.29, 0.717) is 31.9 Å². The molecule has 2 N–H and O–H groups in total. The second-order valence-corrected chi connectivity index (χ2v) is 4.63. The fourth-order valence-corrected chi connectivity index (χ4v) is 1.95. The maximum Gasteiger partial charge on any atom is 0.253 e. The van der Waals surface area contributed by atoms with Gasteiger partial charge in [0.05, 0.1) is 43.4 Å². The summed E-state index contributed by atoms with van der Waals surface area (Å²) in [7, 11) is 0. The first-order chi connectivity index (χ1) is 9.81. The van der Waals surface area contributed by atoms with Crippen LogP contribution in [0, 0.1) is 0 Å². The Morgan fingerprint density at radius 3 is 3.15 bits per heavy atom. The van der Waals surface area contributed by atoms with Crippen molar-refractivity contribution in [2.75, 3.05) is 38.2 Å². The Labute approximate surface area is 118 Å². The topological polar surface area (TPSA) is 72.5 Å². The molecule has 1 saturated heterocycles. The van der Waals surface area contributed by atoms with Crippen LogP contribution in [0.4, 0.5) is 5.69 Å². The van der Waals surface area contributed by atoms with E-state index in [2.05, 4.69) is 22.5 Å². The van der Waals surface area contributed by atoms with Gasteiger partial charge in [0, 0.05) is 19.3 Å². The van der Waals surface area contributed by atoms with Gasteiger partial charge in [-0.05, 0) is 12.5 Å². The van der Waals surface area contributed by atoms with E-state index in [-0.39, 0.29) is 12.0 Å². The first-order valence-electron chi connectivity index (χ1n) is 6.96. The highest BCUT2D eigenvalue weighted by Gasteiger charge is 2.17. The van der Waals surface area contributed by atoms with Crippen LogP contribution in [-0.2, 0) is 9.47 Å². The van der Waals surface area contributed by atoms with E-state index < -0.39 is 0 Å². The number of nitrogens with one attached hydrogen (secondary N) is 2. The van der Waals surface area contributed by atoms with Gasteiger partial charge in [0.25, 0.3) is 5.91 Å². The molecule has 1 aliphatic heterocycles. The number of pyridine rings is 1. The summed E-state index contributed by atoms with van der Waals surface area (Å²) in [4.78, 5) is 16.2. The van der Waals surface area contributed by atoms with Crippen molar-refractivity contribution < 1.29 is 14.3 Å². The molecular formula is C14H21N3O3. The van der Waals surface area contributed by atoms with Gasteiger partial charge in [-0.25, -0.2) is 0 Å². The molecule has 0 aliphatic carbocycles. The normalized spacial score (nSPS) is 18.6. The van der Waals surface area contributed by atoms with Crippen LogP contribution in [0.1, 0.15) is 23.7 Å². The van der Waals surface area contributed by atoms with Gasteiger partial charge >= 0.3 is 0 Å². The molecule has 2 rings (SSSR count). The molecule has 1 aliphatic rings. The van der Waals surface area contributed by atoms with Gasteiger partial charge < -0.3 is 20.1 Å². The first-order valence-corrected chi connectivity index (χ1v) is 6.96. The lowest BCUT2D eigenvalue weighted by Crippen LogP contribution is -2.39. The van der Waals surface area contributed by atoms with Crippen molar-refractivity contribution in [1.82, 2.24) is 10.3 Å². The van der Waals surface area contributed by atoms with Crippen LogP contribution in [0.5, 0.6) is 0 Å². The summed E-state index contributed by atoms with van der Waals surface area (Å²) in [5, 5.41) is 6.08. The van der Waals surface area contributed by atoms with Crippen LogP contribution < -0.4 is 10.6 Å². The Kier molecular flexibility index (Phi) is 5.76. The lowest BCUT2D eigenvalue weighted by Gasteiger charge is -2.23. The molecule has 1 unspecified atom stereocenters. The molecule has 1 atom stereocenters. The number of amides is 1. The Hall–Kier alpha value is -1.66. The van der Waals surface area contributed by atoms with E-state index in [9.17, 15) is 4.79 Å². The number of hydrogen-bond donors (Lipinski definition) is 2. The predicted octanol–water partition coefficient (Wildman–Crippen LogP) is 1.05. The molecule has 1 aromatic heterocycles. The minimum Gasteiger partial charge on any atom is -0.383 e. The third kappa shape index (κ3) is 4.18. The number of rotatable bonds is 6. The number of ether oxygens (including phenoxy) is 2. The first kappa shape index (κ1) is 14.7. The Balaban J connectivity index is 1.90. The molecule has 2 heterocycles. The van der Waals surface area contributed by atoms with Gasteiger partial charge in [0.2, 0.25) is 0 Å². The highest BCUT2D eigenvalue weighted by molar-refractivity contribution is 5.99. The minimum atomic E-state index is -0.125. The van der Waals surface area contributed by atoms with Crippen LogP contribution in [0.2, 0.25) is 0 Å². The summed E-state index contributed by atoms with van der Waals surface area (Å²) in [6, 6.07) is 1.71. The highest BCUT2D eigenvalue weighted by atomic mass is 16.6. The Bertz CT molecular complexity index is 433. The smallest absolute Gasteiger partial charge is 0.253 e. The zero-order valence-electron chi connectivity index (χ0n) is 11.7. The SMILES string of the molecule is CCCNc1cnccc1C(=O)NCC1COCCO1. The van der Waals surface area contributed by atoms with E-state index >= 15 is 0 Å². The fourth-order valence-electron chi connectivity index (χ4n) is 1.95. The van der Waals surface area contributed by atoms with E-state index in [1.54, 1.807) is 18.5 Å². The predicted molar refractivity (Wildman–Crippen MR) is 75.9 cm³/mol. The van der Waals surface area contributed by atoms with E-state index in [4.69, 9.17) is 9.47 Å². The highest BCUT2D eigenvalue weighted by Crippen LogP contribution is 2.13. The molecule has 110 valence electrons. The lowest BCUT2D eigenvalue weighted by molar-refractivity contribution is -0.0855. The summed E-state index contributed by atoms with van der Waals surface area (Å²) < 4.78 is 10.8. The van der Waals surface area contributed by atoms with Crippen LogP contribution in [0.25, 0.3) is 0 Å². The third-order valence-electron chi connectivity index (χ3n) is 3.01. The van der Waals surface area contributed by atoms with E-state index in [1.807, 2.05) is 0 Å². The minimum absolute atomic E-state index is 0.0680. The fraction of sp³-hybridized carbons (Fsp3) is 0.571. The number of anilines is 1. The van der Waals surface area contributed by atoms with Crippen LogP contribution in [0.15, 0.2) is 18.5 Å². The average Bonchev–Trinajstić information content (AvgIpc) is 2.52. The zero-order valence-corrected chi connectivity index (χ0v) is 11.7. The van der Waals surface area contributed by atoms with Crippen molar-refractivity contribution in [3.05, 3.63) is 24.0 Å². The van der Waals surface area contributed by atoms with Gasteiger partial charge in [0.15, 0.2) is 0 Å². The van der Waals surface area contributed by atoms with Crippen molar-refractivity contribution in [3.63, 3.8) is 0 Å². The monoisotopic (exact) mass is 279 g/mol. The molecule has 1 amide bonds. The van der Waals surface area contributed by atoms with Crippen molar-refractivity contribution >= 4 is 11.6 Å². The van der Waals surface area contributed by atoms with Gasteiger partial charge in [0.1, 0.15) is 0 Å². The maximum atomic E-state index is 12.2. The molecule has 0 radical (unpaired) electrons. The summed E-state index contributed by atoms with van der Waals surface area (Å²) in [5.41, 5.74) is 1.36. The number of aromatic nitrogens is 1. The summed E-state index contributed by atoms with van der Waals surface area (Å²) in [6.07, 6.45) is 4.21. The van der Waals surface area contributed by atoms with E-state index in [1.165, 1.54) is 0 Å². The zero-order chi connectivity index (χ0) is 14.2. The van der Waals surface area contributed by atoms with Crippen molar-refractivity contribution in [3.8, 4) is 0 Å². The van der Waals surface area contributed by atoms with Gasteiger partial charge in [-0.1, -0.05) is 6.92 Å². The molecule has 6 heteroatoms. The van der Waals surface area contributed by atoms with Gasteiger partial charge in [-0.15, -0.1) is 0 Å². The van der Waals surface area contributed by atoms with Crippen LogP contribution in [0.3, 0.4) is 0 Å². The largest absolute Gasteiger partial charge is 0.383 e. The second-order valence-electron chi connectivity index (χ2n) is 4.63. The van der Waals surface area contributed by atoms with Crippen LogP contribution >= 0.6 is 0 Å². The molecule has 0 spiro atoms. The molecule has 0 bridgehead atoms. The van der Waals surface area contributed by atoms with Gasteiger partial charge in [-0.2, -0.15) is 0 Å². The lowest BCUT2D eigenvalue weighted by atomic mass is 10.2. The third-order valence-corrected chi connectivity index (χ3v) is 3.01. The van der Waals surface area contributed by atoms with Crippen molar-refractivity contribution in [2.24, 2.45) is 0 Å². The summed E-state index contributed by atoms with van der Waals surface area (Å²) >= 11 is 0. The molecule has 1 aromatic rings. The number of carbonyl (C=O) groups is 1. The Morgan fingerprint density at radius 2 is 2.40 bits per heavy atom. The molecule has 20 heavy (non-hydrogen) atoms. The summed E-state index contributed by atoms with van der Waals surface area (Å²) in [5.74, 6) is -0.125. The van der Waals surface area contributed by atoms with Crippen molar-refractivity contribution in [1.29, 1.82) is 0 Å². The van der Waals surface area contributed by atoms with Gasteiger partial charge in [-0.3, -0.25) is 9.78 Å². The molecule has 0 aromatic carbocycles. The molecule has 1 fully saturated rings. The quantitative estimate of drug-likeness (QED) is 0.814. The number of carbonyl (C=O) groups excluding carboxylic acids is 1. The summed E-state index contributed by atoms with van der Waals surface area (Å²) in [6.45, 7) is 5.07. The van der Waals surface area contributed by atoms with E-state index in [0.717, 1.165) is 18.7 Å². The van der Waals surface area contributed by atoms with Crippen molar-refractivity contribution in [2.45, 2.75) is 19.4 Å².